The first-order valence-electron chi connectivity index (χ1n) is 7.37. The SMILES string of the molecule is CCCC(CCC)c1nnc(CBr)n1-c1ccccc1. The smallest absolute Gasteiger partial charge is 0.148 e. The average Bonchev–Trinajstić information content (AvgIpc) is 2.91. The number of halogens is 1. The molecule has 0 aliphatic carbocycles. The molecule has 0 aliphatic heterocycles. The highest BCUT2D eigenvalue weighted by molar-refractivity contribution is 9.08. The second-order valence-electron chi connectivity index (χ2n) is 5.05. The number of aromatic nitrogens is 3. The predicted molar refractivity (Wildman–Crippen MR) is 86.5 cm³/mol. The molecule has 0 unspecified atom stereocenters. The van der Waals surface area contributed by atoms with E-state index in [1.165, 1.54) is 25.7 Å². The number of rotatable bonds is 7. The van der Waals surface area contributed by atoms with Crippen LogP contribution >= 0.6 is 15.9 Å². The summed E-state index contributed by atoms with van der Waals surface area (Å²) >= 11 is 3.52. The van der Waals surface area contributed by atoms with Crippen LogP contribution in [0, 0.1) is 0 Å². The van der Waals surface area contributed by atoms with E-state index in [9.17, 15) is 0 Å². The Morgan fingerprint density at radius 3 is 2.25 bits per heavy atom. The quantitative estimate of drug-likeness (QED) is 0.677. The van der Waals surface area contributed by atoms with E-state index in [1.807, 2.05) is 6.07 Å². The summed E-state index contributed by atoms with van der Waals surface area (Å²) in [5.74, 6) is 2.57. The van der Waals surface area contributed by atoms with E-state index < -0.39 is 0 Å². The van der Waals surface area contributed by atoms with E-state index in [-0.39, 0.29) is 0 Å². The highest BCUT2D eigenvalue weighted by Gasteiger charge is 2.20. The molecule has 0 amide bonds. The minimum absolute atomic E-state index is 0.491. The molecule has 2 rings (SSSR count). The Hall–Kier alpha value is -1.16. The minimum Gasteiger partial charge on any atom is -0.282 e. The van der Waals surface area contributed by atoms with Crippen molar-refractivity contribution in [3.05, 3.63) is 42.0 Å². The lowest BCUT2D eigenvalue weighted by Gasteiger charge is -2.17. The van der Waals surface area contributed by atoms with Gasteiger partial charge in [-0.2, -0.15) is 0 Å². The summed E-state index contributed by atoms with van der Waals surface area (Å²) in [6.07, 6.45) is 4.69. The third kappa shape index (κ3) is 3.29. The number of alkyl halides is 1. The van der Waals surface area contributed by atoms with Gasteiger partial charge in [0.1, 0.15) is 11.6 Å². The molecule has 20 heavy (non-hydrogen) atoms. The van der Waals surface area contributed by atoms with E-state index in [1.54, 1.807) is 0 Å². The molecule has 0 fully saturated rings. The molecule has 1 aromatic carbocycles. The molecular formula is C16H22BrN3. The van der Waals surface area contributed by atoms with E-state index in [0.29, 0.717) is 5.92 Å². The molecule has 0 bridgehead atoms. The summed E-state index contributed by atoms with van der Waals surface area (Å²) in [6.45, 7) is 4.47. The van der Waals surface area contributed by atoms with E-state index in [0.717, 1.165) is 22.7 Å². The summed E-state index contributed by atoms with van der Waals surface area (Å²) in [7, 11) is 0. The first-order valence-corrected chi connectivity index (χ1v) is 8.49. The topological polar surface area (TPSA) is 30.7 Å². The maximum Gasteiger partial charge on any atom is 0.148 e. The van der Waals surface area contributed by atoms with Crippen LogP contribution in [0.25, 0.3) is 5.69 Å². The normalized spacial score (nSPS) is 11.2. The maximum absolute atomic E-state index is 4.48. The zero-order valence-corrected chi connectivity index (χ0v) is 13.8. The fraction of sp³-hybridized carbons (Fsp3) is 0.500. The largest absolute Gasteiger partial charge is 0.282 e. The van der Waals surface area contributed by atoms with Crippen LogP contribution in [0.2, 0.25) is 0 Å². The summed E-state index contributed by atoms with van der Waals surface area (Å²) in [5, 5.41) is 9.57. The Balaban J connectivity index is 2.45. The summed E-state index contributed by atoms with van der Waals surface area (Å²) in [5.41, 5.74) is 1.15. The van der Waals surface area contributed by atoms with Crippen LogP contribution in [0.4, 0.5) is 0 Å². The Morgan fingerprint density at radius 1 is 1.05 bits per heavy atom. The lowest BCUT2D eigenvalue weighted by atomic mass is 9.97. The van der Waals surface area contributed by atoms with Crippen molar-refractivity contribution in [1.29, 1.82) is 0 Å². The number of benzene rings is 1. The summed E-state index contributed by atoms with van der Waals surface area (Å²) in [6, 6.07) is 10.4. The molecule has 2 aromatic rings. The van der Waals surface area contributed by atoms with Crippen molar-refractivity contribution >= 4 is 15.9 Å². The van der Waals surface area contributed by atoms with Crippen molar-refractivity contribution in [2.45, 2.75) is 50.8 Å². The number of hydrogen-bond donors (Lipinski definition) is 0. The monoisotopic (exact) mass is 335 g/mol. The second-order valence-corrected chi connectivity index (χ2v) is 5.61. The van der Waals surface area contributed by atoms with Gasteiger partial charge in [0, 0.05) is 11.6 Å². The molecule has 1 heterocycles. The second kappa shape index (κ2) is 7.58. The first-order chi connectivity index (χ1) is 9.81. The number of hydrogen-bond acceptors (Lipinski definition) is 2. The standard InChI is InChI=1S/C16H22BrN3/c1-3-8-13(9-4-2)16-19-18-15(12-17)20(16)14-10-6-5-7-11-14/h5-7,10-11,13H,3-4,8-9,12H2,1-2H3. The minimum atomic E-state index is 0.491. The van der Waals surface area contributed by atoms with Crippen molar-refractivity contribution in [2.75, 3.05) is 0 Å². The number of nitrogens with zero attached hydrogens (tertiary/aromatic N) is 3. The van der Waals surface area contributed by atoms with Crippen molar-refractivity contribution < 1.29 is 0 Å². The third-order valence-corrected chi connectivity index (χ3v) is 4.03. The van der Waals surface area contributed by atoms with Gasteiger partial charge in [0.15, 0.2) is 0 Å². The van der Waals surface area contributed by atoms with E-state index in [4.69, 9.17) is 0 Å². The lowest BCUT2D eigenvalue weighted by Crippen LogP contribution is -2.09. The van der Waals surface area contributed by atoms with Gasteiger partial charge in [-0.05, 0) is 25.0 Å². The zero-order chi connectivity index (χ0) is 14.4. The fourth-order valence-corrected chi connectivity index (χ4v) is 3.00. The van der Waals surface area contributed by atoms with Crippen molar-refractivity contribution in [3.63, 3.8) is 0 Å². The van der Waals surface area contributed by atoms with Gasteiger partial charge in [0.05, 0.1) is 5.33 Å². The summed E-state index contributed by atoms with van der Waals surface area (Å²) < 4.78 is 2.21. The van der Waals surface area contributed by atoms with Crippen molar-refractivity contribution in [2.24, 2.45) is 0 Å². The molecule has 3 nitrogen and oxygen atoms in total. The van der Waals surface area contributed by atoms with Crippen LogP contribution < -0.4 is 0 Å². The molecule has 4 heteroatoms. The average molecular weight is 336 g/mol. The van der Waals surface area contributed by atoms with Crippen molar-refractivity contribution in [3.8, 4) is 5.69 Å². The highest BCUT2D eigenvalue weighted by atomic mass is 79.9. The first kappa shape index (κ1) is 15.2. The van der Waals surface area contributed by atoms with Gasteiger partial charge in [0.25, 0.3) is 0 Å². The van der Waals surface area contributed by atoms with Gasteiger partial charge in [-0.25, -0.2) is 0 Å². The van der Waals surface area contributed by atoms with E-state index in [2.05, 4.69) is 68.8 Å². The Morgan fingerprint density at radius 2 is 1.70 bits per heavy atom. The molecule has 108 valence electrons. The van der Waals surface area contributed by atoms with Gasteiger partial charge >= 0.3 is 0 Å². The predicted octanol–water partition coefficient (Wildman–Crippen LogP) is 4.85. The van der Waals surface area contributed by atoms with Crippen LogP contribution in [-0.4, -0.2) is 14.8 Å². The maximum atomic E-state index is 4.48. The molecular weight excluding hydrogens is 314 g/mol. The molecule has 1 aromatic heterocycles. The van der Waals surface area contributed by atoms with Crippen LogP contribution in [-0.2, 0) is 5.33 Å². The Bertz CT molecular complexity index is 516. The zero-order valence-electron chi connectivity index (χ0n) is 12.2. The highest BCUT2D eigenvalue weighted by Crippen LogP contribution is 2.28. The molecule has 0 spiro atoms. The lowest BCUT2D eigenvalue weighted by molar-refractivity contribution is 0.525. The Labute approximate surface area is 129 Å². The van der Waals surface area contributed by atoms with Crippen LogP contribution in [0.3, 0.4) is 0 Å². The Kier molecular flexibility index (Phi) is 5.77. The van der Waals surface area contributed by atoms with Gasteiger partial charge in [-0.3, -0.25) is 4.57 Å². The van der Waals surface area contributed by atoms with E-state index >= 15 is 0 Å². The van der Waals surface area contributed by atoms with Gasteiger partial charge in [-0.15, -0.1) is 10.2 Å². The molecule has 0 saturated carbocycles. The molecule has 0 N–H and O–H groups in total. The van der Waals surface area contributed by atoms with Crippen LogP contribution in [0.5, 0.6) is 0 Å². The molecule has 0 atom stereocenters. The number of para-hydroxylation sites is 1. The van der Waals surface area contributed by atoms with Crippen molar-refractivity contribution in [1.82, 2.24) is 14.8 Å². The van der Waals surface area contributed by atoms with Gasteiger partial charge < -0.3 is 0 Å². The van der Waals surface area contributed by atoms with Crippen LogP contribution in [0.1, 0.15) is 57.1 Å². The van der Waals surface area contributed by atoms with Crippen LogP contribution in [0.15, 0.2) is 30.3 Å². The van der Waals surface area contributed by atoms with Gasteiger partial charge in [-0.1, -0.05) is 60.8 Å². The molecule has 0 radical (unpaired) electrons. The summed E-state index contributed by atoms with van der Waals surface area (Å²) in [4.78, 5) is 0. The fourth-order valence-electron chi connectivity index (χ4n) is 2.64. The van der Waals surface area contributed by atoms with Gasteiger partial charge in [0.2, 0.25) is 0 Å². The molecule has 0 aliphatic rings. The third-order valence-electron chi connectivity index (χ3n) is 3.53. The molecule has 0 saturated heterocycles.